The van der Waals surface area contributed by atoms with E-state index in [1.54, 1.807) is 0 Å². The van der Waals surface area contributed by atoms with Crippen molar-refractivity contribution in [3.8, 4) is 0 Å². The largest absolute Gasteiger partial charge is 0.327 e. The predicted octanol–water partition coefficient (Wildman–Crippen LogP) is 0.504. The minimum absolute atomic E-state index is 0.324. The fraction of sp³-hybridized carbons (Fsp3) is 1.00. The van der Waals surface area contributed by atoms with Crippen molar-refractivity contribution in [3.63, 3.8) is 0 Å². The average molecular weight is 197 g/mol. The molecule has 1 aliphatic carbocycles. The Hall–Kier alpha value is -0.120. The number of hydrogen-bond acceptors (Lipinski definition) is 3. The molecule has 1 aliphatic heterocycles. The van der Waals surface area contributed by atoms with Crippen molar-refractivity contribution in [1.82, 2.24) is 9.80 Å². The van der Waals surface area contributed by atoms with Crippen LogP contribution in [0, 0.1) is 0 Å². The van der Waals surface area contributed by atoms with Gasteiger partial charge in [0.2, 0.25) is 0 Å². The molecule has 1 saturated heterocycles. The van der Waals surface area contributed by atoms with E-state index in [-0.39, 0.29) is 0 Å². The van der Waals surface area contributed by atoms with E-state index in [1.807, 2.05) is 0 Å². The standard InChI is InChI=1S/C11H23N3/c1-10(12)9-13-5-7-14(8-6-13)11-3-2-4-11/h10-11H,2-9,12H2,1H3/t10-/m1/s1. The Bertz CT molecular complexity index is 169. The summed E-state index contributed by atoms with van der Waals surface area (Å²) in [5, 5.41) is 0. The molecule has 0 bridgehead atoms. The lowest BCUT2D eigenvalue weighted by molar-refractivity contribution is 0.0601. The first kappa shape index (κ1) is 10.4. The third-order valence-corrected chi connectivity index (χ3v) is 3.54. The lowest BCUT2D eigenvalue weighted by Gasteiger charge is -2.43. The van der Waals surface area contributed by atoms with Crippen molar-refractivity contribution in [2.24, 2.45) is 5.73 Å². The number of piperazine rings is 1. The van der Waals surface area contributed by atoms with Gasteiger partial charge in [0.15, 0.2) is 0 Å². The van der Waals surface area contributed by atoms with Crippen LogP contribution in [0.25, 0.3) is 0 Å². The van der Waals surface area contributed by atoms with Crippen molar-refractivity contribution >= 4 is 0 Å². The number of rotatable bonds is 3. The first-order valence-electron chi connectivity index (χ1n) is 5.97. The molecule has 1 saturated carbocycles. The predicted molar refractivity (Wildman–Crippen MR) is 59.3 cm³/mol. The van der Waals surface area contributed by atoms with E-state index in [9.17, 15) is 0 Å². The molecule has 14 heavy (non-hydrogen) atoms. The zero-order valence-corrected chi connectivity index (χ0v) is 9.28. The highest BCUT2D eigenvalue weighted by Crippen LogP contribution is 2.25. The van der Waals surface area contributed by atoms with Gasteiger partial charge in [-0.3, -0.25) is 9.80 Å². The maximum Gasteiger partial charge on any atom is 0.0139 e. The van der Waals surface area contributed by atoms with Crippen LogP contribution < -0.4 is 5.73 Å². The van der Waals surface area contributed by atoms with Gasteiger partial charge in [-0.1, -0.05) is 6.42 Å². The molecule has 82 valence electrons. The Morgan fingerprint density at radius 1 is 1.21 bits per heavy atom. The Labute approximate surface area is 87.2 Å². The summed E-state index contributed by atoms with van der Waals surface area (Å²) in [5.41, 5.74) is 5.80. The molecule has 0 unspecified atom stereocenters. The molecule has 0 amide bonds. The van der Waals surface area contributed by atoms with Gasteiger partial charge in [0, 0.05) is 44.8 Å². The molecular formula is C11H23N3. The number of nitrogens with zero attached hydrogens (tertiary/aromatic N) is 2. The van der Waals surface area contributed by atoms with Crippen molar-refractivity contribution in [3.05, 3.63) is 0 Å². The van der Waals surface area contributed by atoms with Crippen LogP contribution in [0.2, 0.25) is 0 Å². The van der Waals surface area contributed by atoms with Crippen LogP contribution >= 0.6 is 0 Å². The van der Waals surface area contributed by atoms with Gasteiger partial charge in [-0.15, -0.1) is 0 Å². The lowest BCUT2D eigenvalue weighted by atomic mass is 9.91. The van der Waals surface area contributed by atoms with Gasteiger partial charge >= 0.3 is 0 Å². The second kappa shape index (κ2) is 4.60. The Morgan fingerprint density at radius 2 is 1.86 bits per heavy atom. The van der Waals surface area contributed by atoms with E-state index in [0.717, 1.165) is 12.6 Å². The van der Waals surface area contributed by atoms with Crippen LogP contribution in [0.1, 0.15) is 26.2 Å². The third kappa shape index (κ3) is 2.47. The van der Waals surface area contributed by atoms with Gasteiger partial charge in [-0.25, -0.2) is 0 Å². The molecule has 3 nitrogen and oxygen atoms in total. The SMILES string of the molecule is C[C@@H](N)CN1CCN(C2CCC2)CC1. The zero-order chi connectivity index (χ0) is 9.97. The molecule has 0 radical (unpaired) electrons. The molecule has 2 N–H and O–H groups in total. The summed E-state index contributed by atoms with van der Waals surface area (Å²) >= 11 is 0. The summed E-state index contributed by atoms with van der Waals surface area (Å²) in [6.07, 6.45) is 4.32. The average Bonchev–Trinajstić information content (AvgIpc) is 2.04. The topological polar surface area (TPSA) is 32.5 Å². The summed E-state index contributed by atoms with van der Waals surface area (Å²) in [6.45, 7) is 8.13. The second-order valence-electron chi connectivity index (χ2n) is 4.90. The molecule has 3 heteroatoms. The van der Waals surface area contributed by atoms with Crippen LogP contribution in [-0.2, 0) is 0 Å². The van der Waals surface area contributed by atoms with Crippen LogP contribution in [0.15, 0.2) is 0 Å². The van der Waals surface area contributed by atoms with Crippen molar-refractivity contribution in [2.75, 3.05) is 32.7 Å². The minimum Gasteiger partial charge on any atom is -0.327 e. The van der Waals surface area contributed by atoms with Gasteiger partial charge in [-0.05, 0) is 19.8 Å². The molecule has 2 aliphatic rings. The number of hydrogen-bond donors (Lipinski definition) is 1. The van der Waals surface area contributed by atoms with E-state index >= 15 is 0 Å². The van der Waals surface area contributed by atoms with Gasteiger partial charge in [0.25, 0.3) is 0 Å². The molecule has 0 aromatic carbocycles. The summed E-state index contributed by atoms with van der Waals surface area (Å²) in [7, 11) is 0. The molecule has 0 aromatic heterocycles. The summed E-state index contributed by atoms with van der Waals surface area (Å²) < 4.78 is 0. The van der Waals surface area contributed by atoms with E-state index in [2.05, 4.69) is 16.7 Å². The highest BCUT2D eigenvalue weighted by Gasteiger charge is 2.27. The fourth-order valence-corrected chi connectivity index (χ4v) is 2.47. The molecule has 2 fully saturated rings. The molecule has 2 rings (SSSR count). The Balaban J connectivity index is 1.69. The highest BCUT2D eigenvalue weighted by molar-refractivity contribution is 4.84. The van der Waals surface area contributed by atoms with Crippen LogP contribution in [0.3, 0.4) is 0 Å². The van der Waals surface area contributed by atoms with Crippen molar-refractivity contribution in [1.29, 1.82) is 0 Å². The molecular weight excluding hydrogens is 174 g/mol. The molecule has 1 atom stereocenters. The Morgan fingerprint density at radius 3 is 2.29 bits per heavy atom. The van der Waals surface area contributed by atoms with Gasteiger partial charge in [0.05, 0.1) is 0 Å². The van der Waals surface area contributed by atoms with Crippen LogP contribution in [0.4, 0.5) is 0 Å². The second-order valence-corrected chi connectivity index (χ2v) is 4.90. The quantitative estimate of drug-likeness (QED) is 0.715. The van der Waals surface area contributed by atoms with E-state index < -0.39 is 0 Å². The van der Waals surface area contributed by atoms with Crippen molar-refractivity contribution < 1.29 is 0 Å². The molecule has 0 spiro atoms. The maximum atomic E-state index is 5.80. The first-order valence-corrected chi connectivity index (χ1v) is 5.97. The summed E-state index contributed by atoms with van der Waals surface area (Å²) in [4.78, 5) is 5.17. The van der Waals surface area contributed by atoms with Crippen LogP contribution in [0.5, 0.6) is 0 Å². The highest BCUT2D eigenvalue weighted by atomic mass is 15.3. The minimum atomic E-state index is 0.324. The number of nitrogens with two attached hydrogens (primary N) is 1. The summed E-state index contributed by atoms with van der Waals surface area (Å²) in [5.74, 6) is 0. The molecule has 0 aromatic rings. The smallest absolute Gasteiger partial charge is 0.0139 e. The van der Waals surface area contributed by atoms with E-state index in [1.165, 1.54) is 45.4 Å². The Kier molecular flexibility index (Phi) is 3.42. The summed E-state index contributed by atoms with van der Waals surface area (Å²) in [6, 6.07) is 1.25. The fourth-order valence-electron chi connectivity index (χ4n) is 2.47. The van der Waals surface area contributed by atoms with Crippen molar-refractivity contribution in [2.45, 2.75) is 38.3 Å². The zero-order valence-electron chi connectivity index (χ0n) is 9.28. The van der Waals surface area contributed by atoms with Gasteiger partial charge < -0.3 is 5.73 Å². The van der Waals surface area contributed by atoms with Gasteiger partial charge in [-0.2, -0.15) is 0 Å². The lowest BCUT2D eigenvalue weighted by Crippen LogP contribution is -2.53. The van der Waals surface area contributed by atoms with E-state index in [0.29, 0.717) is 6.04 Å². The first-order chi connectivity index (χ1) is 6.75. The normalized spacial score (nSPS) is 28.7. The van der Waals surface area contributed by atoms with E-state index in [4.69, 9.17) is 5.73 Å². The molecule has 1 heterocycles. The maximum absolute atomic E-state index is 5.80. The van der Waals surface area contributed by atoms with Gasteiger partial charge in [0.1, 0.15) is 0 Å². The van der Waals surface area contributed by atoms with Crippen LogP contribution in [-0.4, -0.2) is 54.6 Å². The third-order valence-electron chi connectivity index (χ3n) is 3.54. The monoisotopic (exact) mass is 197 g/mol.